The largest absolute Gasteiger partial charge is 0.497 e. The summed E-state index contributed by atoms with van der Waals surface area (Å²) in [6.07, 6.45) is 11.1. The van der Waals surface area contributed by atoms with Gasteiger partial charge in [0.05, 0.1) is 38.2 Å². The van der Waals surface area contributed by atoms with E-state index in [-0.39, 0.29) is 18.0 Å². The van der Waals surface area contributed by atoms with Gasteiger partial charge in [0.15, 0.2) is 11.6 Å². The first-order chi connectivity index (χ1) is 15.0. The summed E-state index contributed by atoms with van der Waals surface area (Å²) in [5.74, 6) is 2.64. The van der Waals surface area contributed by atoms with Crippen molar-refractivity contribution in [2.45, 2.75) is 0 Å². The Hall–Kier alpha value is -4.05. The molecule has 0 fully saturated rings. The Morgan fingerprint density at radius 1 is 1.10 bits per heavy atom. The minimum Gasteiger partial charge on any atom is -0.497 e. The molecule has 0 N–H and O–H groups in total. The number of aromatic nitrogens is 3. The van der Waals surface area contributed by atoms with E-state index in [9.17, 15) is 0 Å². The molecule has 0 spiro atoms. The fraction of sp³-hybridized carbons (Fsp3) is 0.167. The van der Waals surface area contributed by atoms with Gasteiger partial charge in [0.2, 0.25) is 0 Å². The number of nitrogens with zero attached hydrogens (tertiary/aromatic N) is 4. The van der Waals surface area contributed by atoms with Crippen LogP contribution in [0.2, 0.25) is 0 Å². The fourth-order valence-corrected chi connectivity index (χ4v) is 3.44. The highest BCUT2D eigenvalue weighted by molar-refractivity contribution is 5.87. The zero-order chi connectivity index (χ0) is 22.0. The van der Waals surface area contributed by atoms with Gasteiger partial charge in [-0.15, -0.1) is 6.42 Å². The summed E-state index contributed by atoms with van der Waals surface area (Å²) in [5.41, 5.74) is 3.72. The van der Waals surface area contributed by atoms with Crippen molar-refractivity contribution in [3.05, 3.63) is 60.8 Å². The van der Waals surface area contributed by atoms with E-state index < -0.39 is 5.82 Å². The van der Waals surface area contributed by atoms with Crippen LogP contribution < -0.4 is 14.4 Å². The highest BCUT2D eigenvalue weighted by atomic mass is 19.1. The second kappa shape index (κ2) is 8.36. The maximum Gasteiger partial charge on any atom is 0.188 e. The van der Waals surface area contributed by atoms with E-state index in [1.165, 1.54) is 20.3 Å². The number of hydrogen-bond acceptors (Lipinski definition) is 5. The van der Waals surface area contributed by atoms with Gasteiger partial charge in [-0.2, -0.15) is 5.10 Å². The lowest BCUT2D eigenvalue weighted by atomic mass is 10.1. The molecule has 0 amide bonds. The summed E-state index contributed by atoms with van der Waals surface area (Å²) in [5, 5.41) is 5.12. The number of terminal acetylenes is 1. The summed E-state index contributed by atoms with van der Waals surface area (Å²) < 4.78 is 27.4. The number of aryl methyl sites for hydroxylation is 1. The van der Waals surface area contributed by atoms with Crippen molar-refractivity contribution in [1.82, 2.24) is 14.8 Å². The first-order valence-corrected chi connectivity index (χ1v) is 9.55. The smallest absolute Gasteiger partial charge is 0.188 e. The van der Waals surface area contributed by atoms with Crippen molar-refractivity contribution < 1.29 is 13.9 Å². The summed E-state index contributed by atoms with van der Waals surface area (Å²) in [7, 11) is 4.79. The molecule has 156 valence electrons. The lowest BCUT2D eigenvalue weighted by Crippen LogP contribution is -2.19. The predicted molar refractivity (Wildman–Crippen MR) is 119 cm³/mol. The molecule has 0 saturated heterocycles. The number of benzene rings is 2. The average Bonchev–Trinajstić information content (AvgIpc) is 3.23. The molecule has 0 aliphatic heterocycles. The van der Waals surface area contributed by atoms with E-state index in [2.05, 4.69) is 16.0 Å². The second-order valence-electron chi connectivity index (χ2n) is 6.96. The molecule has 0 atom stereocenters. The lowest BCUT2D eigenvalue weighted by Gasteiger charge is -2.25. The van der Waals surface area contributed by atoms with Crippen molar-refractivity contribution in [2.24, 2.45) is 7.05 Å². The van der Waals surface area contributed by atoms with Crippen LogP contribution in [0.15, 0.2) is 55.0 Å². The topological polar surface area (TPSA) is 52.4 Å². The van der Waals surface area contributed by atoms with E-state index in [0.29, 0.717) is 5.75 Å². The van der Waals surface area contributed by atoms with Crippen molar-refractivity contribution in [3.8, 4) is 35.0 Å². The van der Waals surface area contributed by atoms with Gasteiger partial charge in [-0.1, -0.05) is 5.92 Å². The van der Waals surface area contributed by atoms with Crippen LogP contribution in [-0.2, 0) is 7.05 Å². The Morgan fingerprint density at radius 2 is 1.94 bits per heavy atom. The first-order valence-electron chi connectivity index (χ1n) is 9.55. The first kappa shape index (κ1) is 20.2. The Kier molecular flexibility index (Phi) is 5.46. The molecular weight excluding hydrogens is 395 g/mol. The van der Waals surface area contributed by atoms with Crippen molar-refractivity contribution in [3.63, 3.8) is 0 Å². The Labute approximate surface area is 179 Å². The minimum atomic E-state index is -0.513. The van der Waals surface area contributed by atoms with Gasteiger partial charge in [-0.05, 0) is 24.3 Å². The van der Waals surface area contributed by atoms with E-state index in [1.54, 1.807) is 21.8 Å². The molecule has 2 heterocycles. The van der Waals surface area contributed by atoms with Gasteiger partial charge in [-0.3, -0.25) is 9.67 Å². The van der Waals surface area contributed by atoms with E-state index >= 15 is 4.39 Å². The third-order valence-electron chi connectivity index (χ3n) is 5.00. The molecule has 0 unspecified atom stereocenters. The zero-order valence-electron chi connectivity index (χ0n) is 17.5. The highest BCUT2D eigenvalue weighted by Gasteiger charge is 2.19. The zero-order valence-corrected chi connectivity index (χ0v) is 17.5. The number of methoxy groups -OCH3 is 2. The van der Waals surface area contributed by atoms with Gasteiger partial charge in [0.25, 0.3) is 0 Å². The van der Waals surface area contributed by atoms with Crippen LogP contribution in [0.4, 0.5) is 15.8 Å². The molecule has 7 heteroatoms. The molecule has 4 aromatic rings. The molecule has 0 bridgehead atoms. The Bertz CT molecular complexity index is 1290. The maximum absolute atomic E-state index is 15.1. The number of fused-ring (bicyclic) bond motifs is 1. The molecule has 2 aromatic heterocycles. The molecule has 31 heavy (non-hydrogen) atoms. The van der Waals surface area contributed by atoms with E-state index in [4.69, 9.17) is 15.9 Å². The van der Waals surface area contributed by atoms with Gasteiger partial charge >= 0.3 is 0 Å². The molecule has 0 radical (unpaired) electrons. The quantitative estimate of drug-likeness (QED) is 0.431. The number of halogens is 1. The molecule has 0 aliphatic rings. The second-order valence-corrected chi connectivity index (χ2v) is 6.96. The van der Waals surface area contributed by atoms with Crippen LogP contribution in [0.1, 0.15) is 0 Å². The highest BCUT2D eigenvalue weighted by Crippen LogP contribution is 2.37. The van der Waals surface area contributed by atoms with Crippen LogP contribution in [0, 0.1) is 18.2 Å². The maximum atomic E-state index is 15.1. The molecule has 4 rings (SSSR count). The van der Waals surface area contributed by atoms with Crippen LogP contribution in [-0.4, -0.2) is 35.5 Å². The van der Waals surface area contributed by atoms with Crippen molar-refractivity contribution in [1.29, 1.82) is 0 Å². The van der Waals surface area contributed by atoms with Gasteiger partial charge in [0.1, 0.15) is 5.75 Å². The summed E-state index contributed by atoms with van der Waals surface area (Å²) >= 11 is 0. The van der Waals surface area contributed by atoms with Gasteiger partial charge < -0.3 is 14.4 Å². The monoisotopic (exact) mass is 416 g/mol. The Morgan fingerprint density at radius 3 is 2.61 bits per heavy atom. The molecule has 6 nitrogen and oxygen atoms in total. The SMILES string of the molecule is C#CCN(c1ccc2ncc(-c3cnn(C)c3)cc2c1)c1cc(OC)cc(OC)c1F. The fourth-order valence-electron chi connectivity index (χ4n) is 3.44. The molecule has 0 saturated carbocycles. The van der Waals surface area contributed by atoms with Crippen LogP contribution in [0.3, 0.4) is 0 Å². The normalized spacial score (nSPS) is 10.7. The van der Waals surface area contributed by atoms with Crippen LogP contribution in [0.25, 0.3) is 22.0 Å². The van der Waals surface area contributed by atoms with Crippen LogP contribution >= 0.6 is 0 Å². The summed E-state index contributed by atoms with van der Waals surface area (Å²) in [6, 6.07) is 10.8. The summed E-state index contributed by atoms with van der Waals surface area (Å²) in [6.45, 7) is 0.161. The molecular formula is C24H21FN4O2. The third-order valence-corrected chi connectivity index (χ3v) is 5.00. The number of ether oxygens (including phenoxy) is 2. The standard InChI is InChI=1S/C24H21FN4O2/c1-5-8-29(22-11-20(30-3)12-23(31-4)24(22)25)19-6-7-21-16(10-19)9-17(13-26-21)18-14-27-28(2)15-18/h1,6-7,9-15H,8H2,2-4H3. The number of pyridine rings is 1. The number of anilines is 2. The number of rotatable bonds is 6. The molecule has 2 aromatic carbocycles. The van der Waals surface area contributed by atoms with Gasteiger partial charge in [0, 0.05) is 53.8 Å². The van der Waals surface area contributed by atoms with Crippen molar-refractivity contribution >= 4 is 22.3 Å². The Balaban J connectivity index is 1.83. The van der Waals surface area contributed by atoms with Crippen LogP contribution in [0.5, 0.6) is 11.5 Å². The summed E-state index contributed by atoms with van der Waals surface area (Å²) in [4.78, 5) is 6.25. The van der Waals surface area contributed by atoms with E-state index in [1.807, 2.05) is 43.7 Å². The van der Waals surface area contributed by atoms with Crippen molar-refractivity contribution in [2.75, 3.05) is 25.7 Å². The average molecular weight is 416 g/mol. The van der Waals surface area contributed by atoms with Gasteiger partial charge in [-0.25, -0.2) is 4.39 Å². The predicted octanol–water partition coefficient (Wildman–Crippen LogP) is 4.56. The lowest BCUT2D eigenvalue weighted by molar-refractivity contribution is 0.374. The third kappa shape index (κ3) is 3.88. The minimum absolute atomic E-state index is 0.0812. The molecule has 0 aliphatic carbocycles. The van der Waals surface area contributed by atoms with E-state index in [0.717, 1.165) is 27.7 Å². The number of hydrogen-bond donors (Lipinski definition) is 0.